The average molecular weight is 246 g/mol. The van der Waals surface area contributed by atoms with Crippen molar-refractivity contribution in [2.75, 3.05) is 18.0 Å². The summed E-state index contributed by atoms with van der Waals surface area (Å²) in [5.41, 5.74) is 0.780. The van der Waals surface area contributed by atoms with Crippen LogP contribution in [-0.2, 0) is 4.79 Å². The van der Waals surface area contributed by atoms with Crippen LogP contribution in [-0.4, -0.2) is 29.9 Å². The number of para-hydroxylation sites is 1. The fourth-order valence-corrected chi connectivity index (χ4v) is 1.96. The Morgan fingerprint density at radius 3 is 2.44 bits per heavy atom. The molecule has 1 aliphatic rings. The van der Waals surface area contributed by atoms with Crippen molar-refractivity contribution in [1.29, 1.82) is 0 Å². The number of amides is 3. The molecule has 1 aromatic carbocycles. The van der Waals surface area contributed by atoms with E-state index in [9.17, 15) is 9.59 Å². The van der Waals surface area contributed by atoms with Crippen molar-refractivity contribution >= 4 is 17.6 Å². The number of hydrogen-bond donors (Lipinski definition) is 0. The molecule has 0 bridgehead atoms. The van der Waals surface area contributed by atoms with E-state index in [0.29, 0.717) is 12.5 Å². The first-order valence-electron chi connectivity index (χ1n) is 6.26. The molecule has 1 saturated heterocycles. The molecule has 3 amide bonds. The van der Waals surface area contributed by atoms with E-state index in [4.69, 9.17) is 0 Å². The summed E-state index contributed by atoms with van der Waals surface area (Å²) in [5.74, 6) is 0.376. The number of rotatable bonds is 4. The summed E-state index contributed by atoms with van der Waals surface area (Å²) >= 11 is 0. The van der Waals surface area contributed by atoms with E-state index in [-0.39, 0.29) is 18.5 Å². The smallest absolute Gasteiger partial charge is 0.285 e. The zero-order valence-corrected chi connectivity index (χ0v) is 10.8. The van der Waals surface area contributed by atoms with Crippen LogP contribution in [0.25, 0.3) is 0 Å². The second kappa shape index (κ2) is 5.21. The van der Waals surface area contributed by atoms with Crippen LogP contribution in [0.4, 0.5) is 10.5 Å². The van der Waals surface area contributed by atoms with Gasteiger partial charge in [-0.2, -0.15) is 0 Å². The van der Waals surface area contributed by atoms with Crippen LogP contribution in [0.15, 0.2) is 30.3 Å². The van der Waals surface area contributed by atoms with Crippen LogP contribution in [0.2, 0.25) is 0 Å². The summed E-state index contributed by atoms with van der Waals surface area (Å²) in [4.78, 5) is 26.9. The Bertz CT molecular complexity index is 442. The highest BCUT2D eigenvalue weighted by Crippen LogP contribution is 2.21. The minimum absolute atomic E-state index is 0.107. The number of hydrogen-bond acceptors (Lipinski definition) is 2. The normalized spacial score (nSPS) is 15.9. The lowest BCUT2D eigenvalue weighted by Gasteiger charge is -2.17. The molecule has 0 saturated carbocycles. The Hall–Kier alpha value is -1.84. The van der Waals surface area contributed by atoms with Crippen molar-refractivity contribution in [3.63, 3.8) is 0 Å². The summed E-state index contributed by atoms with van der Waals surface area (Å²) in [7, 11) is 0. The maximum Gasteiger partial charge on any atom is 0.331 e. The van der Waals surface area contributed by atoms with Gasteiger partial charge in [-0.3, -0.25) is 14.6 Å². The van der Waals surface area contributed by atoms with Crippen LogP contribution in [0.1, 0.15) is 20.3 Å². The number of nitrogens with zero attached hydrogens (tertiary/aromatic N) is 2. The quantitative estimate of drug-likeness (QED) is 0.766. The number of carbonyl (C=O) groups excluding carboxylic acids is 2. The molecule has 1 fully saturated rings. The van der Waals surface area contributed by atoms with Gasteiger partial charge >= 0.3 is 6.03 Å². The minimum Gasteiger partial charge on any atom is -0.285 e. The highest BCUT2D eigenvalue weighted by Gasteiger charge is 2.36. The summed E-state index contributed by atoms with van der Waals surface area (Å²) in [6.45, 7) is 4.83. The van der Waals surface area contributed by atoms with Gasteiger partial charge in [0.25, 0.3) is 5.91 Å². The second-order valence-electron chi connectivity index (χ2n) is 4.93. The van der Waals surface area contributed by atoms with E-state index >= 15 is 0 Å². The molecule has 4 nitrogen and oxygen atoms in total. The lowest BCUT2D eigenvalue weighted by Crippen LogP contribution is -2.34. The number of carbonyl (C=O) groups is 2. The standard InChI is InChI=1S/C14H18N2O2/c1-11(2)8-9-15-13(17)10-16(14(15)18)12-6-4-3-5-7-12/h3-7,11H,8-10H2,1-2H3. The third kappa shape index (κ3) is 2.53. The first kappa shape index (κ1) is 12.6. The topological polar surface area (TPSA) is 40.6 Å². The van der Waals surface area contributed by atoms with Gasteiger partial charge in [0.15, 0.2) is 0 Å². The lowest BCUT2D eigenvalue weighted by atomic mass is 10.1. The van der Waals surface area contributed by atoms with Gasteiger partial charge in [0, 0.05) is 12.2 Å². The highest BCUT2D eigenvalue weighted by atomic mass is 16.2. The molecule has 0 aromatic heterocycles. The molecule has 0 atom stereocenters. The van der Waals surface area contributed by atoms with Crippen LogP contribution in [0.3, 0.4) is 0 Å². The average Bonchev–Trinajstić information content (AvgIpc) is 2.63. The molecule has 1 aliphatic heterocycles. The Morgan fingerprint density at radius 2 is 1.83 bits per heavy atom. The number of imide groups is 1. The van der Waals surface area contributed by atoms with Gasteiger partial charge < -0.3 is 0 Å². The zero-order chi connectivity index (χ0) is 13.1. The molecule has 0 unspecified atom stereocenters. The number of urea groups is 1. The predicted octanol–water partition coefficient (Wildman–Crippen LogP) is 2.50. The fourth-order valence-electron chi connectivity index (χ4n) is 1.96. The van der Waals surface area contributed by atoms with Crippen LogP contribution in [0, 0.1) is 5.92 Å². The van der Waals surface area contributed by atoms with Crippen LogP contribution < -0.4 is 4.90 Å². The molecule has 2 rings (SSSR count). The fraction of sp³-hybridized carbons (Fsp3) is 0.429. The van der Waals surface area contributed by atoms with Crippen LogP contribution >= 0.6 is 0 Å². The zero-order valence-electron chi connectivity index (χ0n) is 10.8. The lowest BCUT2D eigenvalue weighted by molar-refractivity contribution is -0.124. The molecule has 18 heavy (non-hydrogen) atoms. The van der Waals surface area contributed by atoms with Crippen LogP contribution in [0.5, 0.6) is 0 Å². The van der Waals surface area contributed by atoms with E-state index in [1.54, 1.807) is 0 Å². The second-order valence-corrected chi connectivity index (χ2v) is 4.93. The van der Waals surface area contributed by atoms with Gasteiger partial charge in [-0.15, -0.1) is 0 Å². The van der Waals surface area contributed by atoms with Gasteiger partial charge in [0.2, 0.25) is 0 Å². The van der Waals surface area contributed by atoms with Gasteiger partial charge in [0.1, 0.15) is 6.54 Å². The summed E-state index contributed by atoms with van der Waals surface area (Å²) in [6.07, 6.45) is 0.847. The largest absolute Gasteiger partial charge is 0.331 e. The number of benzene rings is 1. The van der Waals surface area contributed by atoms with Crippen molar-refractivity contribution in [1.82, 2.24) is 4.90 Å². The molecular weight excluding hydrogens is 228 g/mol. The van der Waals surface area contributed by atoms with E-state index in [1.165, 1.54) is 9.80 Å². The van der Waals surface area contributed by atoms with Gasteiger partial charge in [-0.05, 0) is 24.5 Å². The van der Waals surface area contributed by atoms with Gasteiger partial charge in [-0.25, -0.2) is 4.79 Å². The molecule has 1 aromatic rings. The van der Waals surface area contributed by atoms with Gasteiger partial charge in [-0.1, -0.05) is 32.0 Å². The SMILES string of the molecule is CC(C)CCN1C(=O)CN(c2ccccc2)C1=O. The predicted molar refractivity (Wildman–Crippen MR) is 70.4 cm³/mol. The molecule has 1 heterocycles. The van der Waals surface area contributed by atoms with E-state index in [1.807, 2.05) is 30.3 Å². The minimum atomic E-state index is -0.202. The molecular formula is C14H18N2O2. The van der Waals surface area contributed by atoms with Gasteiger partial charge in [0.05, 0.1) is 0 Å². The van der Waals surface area contributed by atoms with E-state index < -0.39 is 0 Å². The van der Waals surface area contributed by atoms with E-state index in [0.717, 1.165) is 12.1 Å². The van der Waals surface area contributed by atoms with Crippen molar-refractivity contribution in [2.24, 2.45) is 5.92 Å². The Labute approximate surface area is 107 Å². The summed E-state index contributed by atoms with van der Waals surface area (Å²) in [6, 6.07) is 9.11. The molecule has 4 heteroatoms. The monoisotopic (exact) mass is 246 g/mol. The van der Waals surface area contributed by atoms with Crippen molar-refractivity contribution in [3.8, 4) is 0 Å². The molecule has 0 N–H and O–H groups in total. The third-order valence-electron chi connectivity index (χ3n) is 3.05. The Kier molecular flexibility index (Phi) is 3.65. The molecule has 96 valence electrons. The highest BCUT2D eigenvalue weighted by molar-refractivity contribution is 6.12. The first-order chi connectivity index (χ1) is 8.59. The maximum absolute atomic E-state index is 12.2. The summed E-state index contributed by atoms with van der Waals surface area (Å²) in [5, 5.41) is 0. The molecule has 0 radical (unpaired) electrons. The number of anilines is 1. The summed E-state index contributed by atoms with van der Waals surface area (Å²) < 4.78 is 0. The van der Waals surface area contributed by atoms with Crippen molar-refractivity contribution < 1.29 is 9.59 Å². The first-order valence-corrected chi connectivity index (χ1v) is 6.26. The van der Waals surface area contributed by atoms with Crippen molar-refractivity contribution in [3.05, 3.63) is 30.3 Å². The molecule has 0 aliphatic carbocycles. The third-order valence-corrected chi connectivity index (χ3v) is 3.05. The molecule has 0 spiro atoms. The maximum atomic E-state index is 12.2. The Balaban J connectivity index is 2.09. The Morgan fingerprint density at radius 1 is 1.17 bits per heavy atom. The van der Waals surface area contributed by atoms with E-state index in [2.05, 4.69) is 13.8 Å². The van der Waals surface area contributed by atoms with Crippen molar-refractivity contribution in [2.45, 2.75) is 20.3 Å².